The molecule has 0 spiro atoms. The number of benzene rings is 2. The quantitative estimate of drug-likeness (QED) is 0.821. The summed E-state index contributed by atoms with van der Waals surface area (Å²) in [6.45, 7) is 2.57. The SMILES string of the molecule is CCOc1ccc(-c2ccc(F)cc2N)cc1. The number of nitrogens with two attached hydrogens (primary N) is 1. The van der Waals surface area contributed by atoms with Crippen molar-refractivity contribution in [1.82, 2.24) is 0 Å². The van der Waals surface area contributed by atoms with Gasteiger partial charge in [-0.25, -0.2) is 4.39 Å². The van der Waals surface area contributed by atoms with E-state index in [2.05, 4.69) is 0 Å². The average Bonchev–Trinajstić information content (AvgIpc) is 2.31. The Hall–Kier alpha value is -2.03. The summed E-state index contributed by atoms with van der Waals surface area (Å²) in [5, 5.41) is 0. The van der Waals surface area contributed by atoms with Crippen LogP contribution in [0, 0.1) is 5.82 Å². The lowest BCUT2D eigenvalue weighted by Crippen LogP contribution is -1.93. The van der Waals surface area contributed by atoms with Crippen molar-refractivity contribution >= 4 is 5.69 Å². The molecule has 2 N–H and O–H groups in total. The van der Waals surface area contributed by atoms with Crippen LogP contribution in [0.3, 0.4) is 0 Å². The van der Waals surface area contributed by atoms with Gasteiger partial charge in [0.25, 0.3) is 0 Å². The second kappa shape index (κ2) is 4.87. The molecule has 0 aliphatic carbocycles. The van der Waals surface area contributed by atoms with Crippen molar-refractivity contribution in [3.05, 3.63) is 48.3 Å². The summed E-state index contributed by atoms with van der Waals surface area (Å²) < 4.78 is 18.3. The minimum absolute atomic E-state index is 0.322. The molecule has 0 aromatic heterocycles. The van der Waals surface area contributed by atoms with Crippen LogP contribution in [0.15, 0.2) is 42.5 Å². The van der Waals surface area contributed by atoms with Crippen LogP contribution in [0.5, 0.6) is 5.75 Å². The zero-order chi connectivity index (χ0) is 12.3. The van der Waals surface area contributed by atoms with Crippen molar-refractivity contribution in [2.24, 2.45) is 0 Å². The second-order valence-corrected chi connectivity index (χ2v) is 3.69. The van der Waals surface area contributed by atoms with Crippen molar-refractivity contribution in [1.29, 1.82) is 0 Å². The molecule has 0 heterocycles. The Kier molecular flexibility index (Phi) is 3.28. The van der Waals surface area contributed by atoms with Gasteiger partial charge in [0.1, 0.15) is 11.6 Å². The molecular weight excluding hydrogens is 217 g/mol. The van der Waals surface area contributed by atoms with Gasteiger partial charge in [0.05, 0.1) is 6.61 Å². The molecule has 0 aliphatic rings. The van der Waals surface area contributed by atoms with Gasteiger partial charge in [-0.15, -0.1) is 0 Å². The van der Waals surface area contributed by atoms with Gasteiger partial charge in [-0.1, -0.05) is 12.1 Å². The molecule has 0 unspecified atom stereocenters. The molecule has 88 valence electrons. The van der Waals surface area contributed by atoms with Crippen LogP contribution in [0.25, 0.3) is 11.1 Å². The van der Waals surface area contributed by atoms with Crippen LogP contribution in [-0.2, 0) is 0 Å². The van der Waals surface area contributed by atoms with E-state index in [4.69, 9.17) is 10.5 Å². The molecule has 2 nitrogen and oxygen atoms in total. The minimum atomic E-state index is -0.322. The first-order chi connectivity index (χ1) is 8.20. The first-order valence-electron chi connectivity index (χ1n) is 5.49. The fourth-order valence-electron chi connectivity index (χ4n) is 1.69. The summed E-state index contributed by atoms with van der Waals surface area (Å²) in [5.74, 6) is 0.495. The van der Waals surface area contributed by atoms with Gasteiger partial charge in [-0.05, 0) is 42.8 Å². The summed E-state index contributed by atoms with van der Waals surface area (Å²) in [7, 11) is 0. The minimum Gasteiger partial charge on any atom is -0.494 e. The Balaban J connectivity index is 2.33. The number of nitrogen functional groups attached to an aromatic ring is 1. The maximum Gasteiger partial charge on any atom is 0.125 e. The van der Waals surface area contributed by atoms with Gasteiger partial charge in [0.15, 0.2) is 0 Å². The summed E-state index contributed by atoms with van der Waals surface area (Å²) in [4.78, 5) is 0. The molecule has 0 atom stereocenters. The van der Waals surface area contributed by atoms with Gasteiger partial charge >= 0.3 is 0 Å². The summed E-state index contributed by atoms with van der Waals surface area (Å²) in [6.07, 6.45) is 0. The Morgan fingerprint density at radius 1 is 1.12 bits per heavy atom. The lowest BCUT2D eigenvalue weighted by atomic mass is 10.0. The normalized spacial score (nSPS) is 10.2. The van der Waals surface area contributed by atoms with Crippen LogP contribution in [0.1, 0.15) is 6.92 Å². The Morgan fingerprint density at radius 3 is 2.41 bits per heavy atom. The van der Waals surface area contributed by atoms with E-state index in [-0.39, 0.29) is 5.82 Å². The Bertz CT molecular complexity index is 508. The first kappa shape index (κ1) is 11.5. The number of rotatable bonds is 3. The second-order valence-electron chi connectivity index (χ2n) is 3.69. The lowest BCUT2D eigenvalue weighted by Gasteiger charge is -2.07. The molecule has 0 amide bonds. The highest BCUT2D eigenvalue weighted by Gasteiger charge is 2.04. The smallest absolute Gasteiger partial charge is 0.125 e. The van der Waals surface area contributed by atoms with Crippen molar-refractivity contribution in [3.8, 4) is 16.9 Å². The predicted molar refractivity (Wildman–Crippen MR) is 67.4 cm³/mol. The predicted octanol–water partition coefficient (Wildman–Crippen LogP) is 3.47. The van der Waals surface area contributed by atoms with Crippen LogP contribution >= 0.6 is 0 Å². The van der Waals surface area contributed by atoms with E-state index >= 15 is 0 Å². The number of hydrogen-bond acceptors (Lipinski definition) is 2. The summed E-state index contributed by atoms with van der Waals surface area (Å²) in [6, 6.07) is 12.0. The summed E-state index contributed by atoms with van der Waals surface area (Å²) >= 11 is 0. The zero-order valence-corrected chi connectivity index (χ0v) is 9.61. The van der Waals surface area contributed by atoms with Gasteiger partial charge in [-0.2, -0.15) is 0 Å². The monoisotopic (exact) mass is 231 g/mol. The standard InChI is InChI=1S/C14H14FNO/c1-2-17-12-6-3-10(4-7-12)13-8-5-11(15)9-14(13)16/h3-9H,2,16H2,1H3. The third-order valence-electron chi connectivity index (χ3n) is 2.49. The van der Waals surface area contributed by atoms with Gasteiger partial charge < -0.3 is 10.5 Å². The van der Waals surface area contributed by atoms with Crippen molar-refractivity contribution < 1.29 is 9.13 Å². The van der Waals surface area contributed by atoms with E-state index in [9.17, 15) is 4.39 Å². The number of anilines is 1. The molecule has 2 rings (SSSR count). The highest BCUT2D eigenvalue weighted by atomic mass is 19.1. The fraction of sp³-hybridized carbons (Fsp3) is 0.143. The number of hydrogen-bond donors (Lipinski definition) is 1. The molecule has 0 saturated heterocycles. The lowest BCUT2D eigenvalue weighted by molar-refractivity contribution is 0.340. The van der Waals surface area contributed by atoms with Crippen molar-refractivity contribution in [2.45, 2.75) is 6.92 Å². The molecule has 0 radical (unpaired) electrons. The van der Waals surface area contributed by atoms with Crippen LogP contribution < -0.4 is 10.5 Å². The van der Waals surface area contributed by atoms with Crippen LogP contribution in [0.4, 0.5) is 10.1 Å². The molecule has 3 heteroatoms. The van der Waals surface area contributed by atoms with E-state index in [0.717, 1.165) is 16.9 Å². The third kappa shape index (κ3) is 2.56. The largest absolute Gasteiger partial charge is 0.494 e. The molecule has 0 saturated carbocycles. The molecule has 0 aliphatic heterocycles. The molecule has 0 fully saturated rings. The maximum absolute atomic E-state index is 12.9. The van der Waals surface area contributed by atoms with Gasteiger partial charge in [0.2, 0.25) is 0 Å². The van der Waals surface area contributed by atoms with Crippen LogP contribution in [-0.4, -0.2) is 6.61 Å². The zero-order valence-electron chi connectivity index (χ0n) is 9.61. The number of halogens is 1. The first-order valence-corrected chi connectivity index (χ1v) is 5.49. The molecule has 2 aromatic rings. The molecule has 0 bridgehead atoms. The summed E-state index contributed by atoms with van der Waals surface area (Å²) in [5.41, 5.74) is 8.00. The van der Waals surface area contributed by atoms with E-state index < -0.39 is 0 Å². The molecule has 17 heavy (non-hydrogen) atoms. The van der Waals surface area contributed by atoms with Crippen molar-refractivity contribution in [3.63, 3.8) is 0 Å². The maximum atomic E-state index is 12.9. The van der Waals surface area contributed by atoms with Crippen molar-refractivity contribution in [2.75, 3.05) is 12.3 Å². The number of ether oxygens (including phenoxy) is 1. The fourth-order valence-corrected chi connectivity index (χ4v) is 1.69. The van der Waals surface area contributed by atoms with Gasteiger partial charge in [-0.3, -0.25) is 0 Å². The average molecular weight is 231 g/mol. The molecule has 2 aromatic carbocycles. The highest BCUT2D eigenvalue weighted by molar-refractivity contribution is 5.76. The van der Waals surface area contributed by atoms with Crippen LogP contribution in [0.2, 0.25) is 0 Å². The van der Waals surface area contributed by atoms with E-state index in [1.165, 1.54) is 12.1 Å². The van der Waals surface area contributed by atoms with E-state index in [0.29, 0.717) is 12.3 Å². The highest BCUT2D eigenvalue weighted by Crippen LogP contribution is 2.27. The Morgan fingerprint density at radius 2 is 1.82 bits per heavy atom. The Labute approximate surface area is 99.8 Å². The van der Waals surface area contributed by atoms with Gasteiger partial charge in [0, 0.05) is 11.3 Å². The third-order valence-corrected chi connectivity index (χ3v) is 2.49. The van der Waals surface area contributed by atoms with E-state index in [1.807, 2.05) is 31.2 Å². The molecular formula is C14H14FNO. The van der Waals surface area contributed by atoms with E-state index in [1.54, 1.807) is 6.07 Å². The topological polar surface area (TPSA) is 35.2 Å².